The maximum Gasteiger partial charge on any atom is 0.433 e. The van der Waals surface area contributed by atoms with E-state index in [0.717, 1.165) is 5.88 Å². The van der Waals surface area contributed by atoms with Crippen LogP contribution in [0.3, 0.4) is 0 Å². The minimum Gasteiger partial charge on any atom is -0.323 e. The zero-order chi connectivity index (χ0) is 12.3. The van der Waals surface area contributed by atoms with Crippen molar-refractivity contribution < 1.29 is 9.63 Å². The molecular weight excluding hydrogens is 236 g/mol. The standard InChI is InChI=1S/C7H14N2O2S.C2H5Cl/c1-7(2,12-4)5-9-11-6(10)8-3;1-2-3/h5H,1-4H3,(H,8,10);2H2,1H3/b9-5+;. The zero-order valence-corrected chi connectivity index (χ0v) is 11.4. The Labute approximate surface area is 101 Å². The zero-order valence-electron chi connectivity index (χ0n) is 9.83. The molecule has 0 aliphatic heterocycles. The van der Waals surface area contributed by atoms with E-state index in [9.17, 15) is 4.79 Å². The number of amides is 1. The number of halogens is 1. The van der Waals surface area contributed by atoms with Crippen LogP contribution in [0.1, 0.15) is 20.8 Å². The highest BCUT2D eigenvalue weighted by Gasteiger charge is 2.12. The van der Waals surface area contributed by atoms with E-state index in [1.165, 1.54) is 7.05 Å². The van der Waals surface area contributed by atoms with E-state index in [0.29, 0.717) is 0 Å². The highest BCUT2D eigenvalue weighted by molar-refractivity contribution is 8.00. The minimum absolute atomic E-state index is 0.103. The van der Waals surface area contributed by atoms with Gasteiger partial charge in [0, 0.05) is 17.7 Å². The molecule has 0 unspecified atom stereocenters. The number of carbonyl (C=O) groups is 1. The molecule has 6 heteroatoms. The van der Waals surface area contributed by atoms with Crippen LogP contribution in [0, 0.1) is 0 Å². The van der Waals surface area contributed by atoms with Crippen molar-refractivity contribution in [2.24, 2.45) is 5.16 Å². The molecule has 0 aromatic carbocycles. The Hall–Kier alpha value is -0.420. The lowest BCUT2D eigenvalue weighted by atomic mass is 10.2. The van der Waals surface area contributed by atoms with Gasteiger partial charge in [-0.2, -0.15) is 11.8 Å². The van der Waals surface area contributed by atoms with Gasteiger partial charge in [0.15, 0.2) is 0 Å². The molecule has 4 nitrogen and oxygen atoms in total. The average Bonchev–Trinajstić information content (AvgIpc) is 2.18. The molecule has 0 fully saturated rings. The molecule has 0 rings (SSSR count). The molecule has 1 N–H and O–H groups in total. The Kier molecular flexibility index (Phi) is 11.5. The molecule has 0 spiro atoms. The van der Waals surface area contributed by atoms with Crippen molar-refractivity contribution in [3.8, 4) is 0 Å². The Balaban J connectivity index is 0. The fraction of sp³-hybridized carbons (Fsp3) is 0.778. The number of nitrogens with one attached hydrogen (secondary N) is 1. The van der Waals surface area contributed by atoms with Gasteiger partial charge in [0.2, 0.25) is 0 Å². The second kappa shape index (κ2) is 10.1. The van der Waals surface area contributed by atoms with E-state index in [1.54, 1.807) is 18.0 Å². The summed E-state index contributed by atoms with van der Waals surface area (Å²) in [6.45, 7) is 5.85. The summed E-state index contributed by atoms with van der Waals surface area (Å²) in [6, 6.07) is 0. The molecule has 0 atom stereocenters. The number of thioether (sulfide) groups is 1. The van der Waals surface area contributed by atoms with Crippen molar-refractivity contribution in [2.45, 2.75) is 25.5 Å². The molecule has 90 valence electrons. The smallest absolute Gasteiger partial charge is 0.323 e. The van der Waals surface area contributed by atoms with Crippen molar-refractivity contribution in [1.82, 2.24) is 5.32 Å². The van der Waals surface area contributed by atoms with Crippen LogP contribution in [0.25, 0.3) is 0 Å². The first-order valence-electron chi connectivity index (χ1n) is 4.47. The predicted molar refractivity (Wildman–Crippen MR) is 68.0 cm³/mol. The first-order chi connectivity index (χ1) is 6.93. The van der Waals surface area contributed by atoms with Crippen molar-refractivity contribution in [3.05, 3.63) is 0 Å². The van der Waals surface area contributed by atoms with Crippen LogP contribution in [0.2, 0.25) is 0 Å². The van der Waals surface area contributed by atoms with Crippen molar-refractivity contribution in [2.75, 3.05) is 19.2 Å². The third kappa shape index (κ3) is 13.6. The number of hydrogen-bond acceptors (Lipinski definition) is 4. The summed E-state index contributed by atoms with van der Waals surface area (Å²) in [4.78, 5) is 15.0. The van der Waals surface area contributed by atoms with Crippen LogP contribution in [-0.2, 0) is 4.84 Å². The van der Waals surface area contributed by atoms with E-state index in [2.05, 4.69) is 15.3 Å². The van der Waals surface area contributed by atoms with Crippen LogP contribution in [0.4, 0.5) is 4.79 Å². The quantitative estimate of drug-likeness (QED) is 0.365. The van der Waals surface area contributed by atoms with Crippen molar-refractivity contribution in [3.63, 3.8) is 0 Å². The molecule has 0 aromatic rings. The molecule has 0 aromatic heterocycles. The van der Waals surface area contributed by atoms with Gasteiger partial charge in [-0.05, 0) is 20.1 Å². The number of nitrogens with zero attached hydrogens (tertiary/aromatic N) is 1. The monoisotopic (exact) mass is 254 g/mol. The third-order valence-corrected chi connectivity index (χ3v) is 2.39. The Bertz CT molecular complexity index is 199. The lowest BCUT2D eigenvalue weighted by Gasteiger charge is -2.13. The molecular formula is C9H19ClN2O2S. The van der Waals surface area contributed by atoms with Gasteiger partial charge in [0.05, 0.1) is 6.21 Å². The molecule has 0 bridgehead atoms. The fourth-order valence-electron chi connectivity index (χ4n) is 0.299. The molecule has 0 saturated heterocycles. The second-order valence-electron chi connectivity index (χ2n) is 2.94. The molecule has 0 aliphatic carbocycles. The Morgan fingerprint density at radius 1 is 1.67 bits per heavy atom. The summed E-state index contributed by atoms with van der Waals surface area (Å²) < 4.78 is -0.103. The topological polar surface area (TPSA) is 50.7 Å². The predicted octanol–water partition coefficient (Wildman–Crippen LogP) is 2.71. The van der Waals surface area contributed by atoms with Crippen molar-refractivity contribution >= 4 is 35.7 Å². The summed E-state index contributed by atoms with van der Waals surface area (Å²) in [5.74, 6) is 0.722. The molecule has 15 heavy (non-hydrogen) atoms. The number of carbonyl (C=O) groups excluding carboxylic acids is 1. The number of oxime groups is 1. The summed E-state index contributed by atoms with van der Waals surface area (Å²) in [7, 11) is 1.48. The second-order valence-corrected chi connectivity index (χ2v) is 4.93. The van der Waals surface area contributed by atoms with Gasteiger partial charge in [-0.15, -0.1) is 11.6 Å². The average molecular weight is 255 g/mol. The van der Waals surface area contributed by atoms with Gasteiger partial charge in [-0.3, -0.25) is 4.84 Å². The summed E-state index contributed by atoms with van der Waals surface area (Å²) in [5.41, 5.74) is 0. The summed E-state index contributed by atoms with van der Waals surface area (Å²) in [5, 5.41) is 5.81. The summed E-state index contributed by atoms with van der Waals surface area (Å²) >= 11 is 6.62. The largest absolute Gasteiger partial charge is 0.433 e. The molecule has 1 amide bonds. The molecule has 0 saturated carbocycles. The Morgan fingerprint density at radius 3 is 2.47 bits per heavy atom. The lowest BCUT2D eigenvalue weighted by molar-refractivity contribution is 0.153. The van der Waals surface area contributed by atoms with Crippen molar-refractivity contribution in [1.29, 1.82) is 0 Å². The van der Waals surface area contributed by atoms with Crippen LogP contribution >= 0.6 is 23.4 Å². The van der Waals surface area contributed by atoms with Gasteiger partial charge < -0.3 is 5.32 Å². The first-order valence-corrected chi connectivity index (χ1v) is 6.23. The Morgan fingerprint density at radius 2 is 2.13 bits per heavy atom. The number of hydrogen-bond donors (Lipinski definition) is 1. The highest BCUT2D eigenvalue weighted by atomic mass is 35.5. The SMILES string of the molecule is CCCl.CNC(=O)O/N=C/C(C)(C)SC. The highest BCUT2D eigenvalue weighted by Crippen LogP contribution is 2.17. The lowest BCUT2D eigenvalue weighted by Crippen LogP contribution is -2.19. The van der Waals surface area contributed by atoms with Crippen LogP contribution in [-0.4, -0.2) is 36.2 Å². The van der Waals surface area contributed by atoms with Gasteiger partial charge in [-0.1, -0.05) is 12.1 Å². The molecule has 0 radical (unpaired) electrons. The molecule has 0 aliphatic rings. The van der Waals surface area contributed by atoms with Crippen LogP contribution in [0.15, 0.2) is 5.16 Å². The molecule has 0 heterocycles. The van der Waals surface area contributed by atoms with Gasteiger partial charge >= 0.3 is 6.09 Å². The number of alkyl halides is 1. The van der Waals surface area contributed by atoms with Gasteiger partial charge in [0.1, 0.15) is 0 Å². The van der Waals surface area contributed by atoms with Gasteiger partial charge in [0.25, 0.3) is 0 Å². The normalized spacial score (nSPS) is 10.5. The van der Waals surface area contributed by atoms with E-state index >= 15 is 0 Å². The fourth-order valence-corrected chi connectivity index (χ4v) is 0.448. The van der Waals surface area contributed by atoms with E-state index in [4.69, 9.17) is 11.6 Å². The third-order valence-electron chi connectivity index (χ3n) is 1.23. The minimum atomic E-state index is -0.553. The van der Waals surface area contributed by atoms with Gasteiger partial charge in [-0.25, -0.2) is 4.79 Å². The maximum absolute atomic E-state index is 10.5. The maximum atomic E-state index is 10.5. The van der Waals surface area contributed by atoms with Crippen LogP contribution < -0.4 is 5.32 Å². The van der Waals surface area contributed by atoms with E-state index < -0.39 is 6.09 Å². The van der Waals surface area contributed by atoms with E-state index in [-0.39, 0.29) is 4.75 Å². The number of rotatable bonds is 3. The summed E-state index contributed by atoms with van der Waals surface area (Å²) in [6.07, 6.45) is 3.00. The van der Waals surface area contributed by atoms with E-state index in [1.807, 2.05) is 27.0 Å². The van der Waals surface area contributed by atoms with Crippen LogP contribution in [0.5, 0.6) is 0 Å². The first kappa shape index (κ1) is 17.0.